The zero-order chi connectivity index (χ0) is 22.5. The Morgan fingerprint density at radius 2 is 2.00 bits per heavy atom. The van der Waals surface area contributed by atoms with Crippen molar-refractivity contribution in [1.29, 1.82) is 0 Å². The third-order valence-corrected chi connectivity index (χ3v) is 4.47. The van der Waals surface area contributed by atoms with Crippen LogP contribution >= 0.6 is 0 Å². The number of carbonyl (C=O) groups excluding carboxylic acids is 1. The SMILES string of the molecule is CC[C@@H](C(=O)Nc1ccn(C[C@@H](O)CO)n1)n1cc(Oc2c(F)cccc2F)cc1O. The highest BCUT2D eigenvalue weighted by molar-refractivity contribution is 5.93. The molecule has 0 radical (unpaired) electrons. The Morgan fingerprint density at radius 1 is 1.29 bits per heavy atom. The van der Waals surface area contributed by atoms with E-state index in [9.17, 15) is 23.8 Å². The minimum absolute atomic E-state index is 0.0463. The molecule has 0 aliphatic heterocycles. The van der Waals surface area contributed by atoms with Crippen molar-refractivity contribution in [3.8, 4) is 17.4 Å². The van der Waals surface area contributed by atoms with E-state index in [-0.39, 0.29) is 30.4 Å². The smallest absolute Gasteiger partial charge is 0.248 e. The number of amides is 1. The predicted molar refractivity (Wildman–Crippen MR) is 106 cm³/mol. The van der Waals surface area contributed by atoms with Gasteiger partial charge in [-0.3, -0.25) is 9.48 Å². The summed E-state index contributed by atoms with van der Waals surface area (Å²) in [5, 5.41) is 35.3. The van der Waals surface area contributed by atoms with Gasteiger partial charge >= 0.3 is 0 Å². The van der Waals surface area contributed by atoms with Crippen LogP contribution in [0.3, 0.4) is 0 Å². The minimum Gasteiger partial charge on any atom is -0.494 e. The highest BCUT2D eigenvalue weighted by Gasteiger charge is 2.23. The zero-order valence-electron chi connectivity index (χ0n) is 16.6. The summed E-state index contributed by atoms with van der Waals surface area (Å²) in [4.78, 5) is 12.7. The lowest BCUT2D eigenvalue weighted by Gasteiger charge is -2.16. The molecule has 3 rings (SSSR count). The molecule has 0 unspecified atom stereocenters. The van der Waals surface area contributed by atoms with Crippen molar-refractivity contribution in [2.45, 2.75) is 32.0 Å². The van der Waals surface area contributed by atoms with Crippen LogP contribution in [0.15, 0.2) is 42.7 Å². The van der Waals surface area contributed by atoms with Crippen molar-refractivity contribution in [3.63, 3.8) is 0 Å². The lowest BCUT2D eigenvalue weighted by atomic mass is 10.2. The molecule has 0 aliphatic carbocycles. The number of nitrogens with one attached hydrogen (secondary N) is 1. The van der Waals surface area contributed by atoms with Crippen molar-refractivity contribution >= 4 is 11.7 Å². The summed E-state index contributed by atoms with van der Waals surface area (Å²) in [5.74, 6) is -3.08. The molecule has 1 amide bonds. The minimum atomic E-state index is -0.985. The van der Waals surface area contributed by atoms with Gasteiger partial charge < -0.3 is 29.9 Å². The maximum Gasteiger partial charge on any atom is 0.248 e. The first kappa shape index (κ1) is 22.2. The van der Waals surface area contributed by atoms with Gasteiger partial charge in [-0.2, -0.15) is 5.10 Å². The quantitative estimate of drug-likeness (QED) is 0.409. The summed E-state index contributed by atoms with van der Waals surface area (Å²) in [7, 11) is 0. The van der Waals surface area contributed by atoms with Gasteiger partial charge in [-0.25, -0.2) is 8.78 Å². The number of aromatic hydroxyl groups is 1. The van der Waals surface area contributed by atoms with Crippen molar-refractivity contribution < 1.29 is 33.6 Å². The molecule has 0 spiro atoms. The van der Waals surface area contributed by atoms with E-state index < -0.39 is 42.0 Å². The van der Waals surface area contributed by atoms with Gasteiger partial charge in [-0.05, 0) is 18.6 Å². The molecule has 0 saturated carbocycles. The molecule has 4 N–H and O–H groups in total. The first-order chi connectivity index (χ1) is 14.8. The van der Waals surface area contributed by atoms with Crippen LogP contribution in [0, 0.1) is 11.6 Å². The number of anilines is 1. The van der Waals surface area contributed by atoms with Gasteiger partial charge in [0.25, 0.3) is 0 Å². The van der Waals surface area contributed by atoms with Crippen LogP contribution in [0.4, 0.5) is 14.6 Å². The Hall–Kier alpha value is -3.44. The number of aliphatic hydroxyl groups excluding tert-OH is 2. The molecule has 3 aromatic rings. The van der Waals surface area contributed by atoms with Gasteiger partial charge in [0.05, 0.1) is 25.5 Å². The Labute approximate surface area is 176 Å². The molecule has 9 nitrogen and oxygen atoms in total. The van der Waals surface area contributed by atoms with Gasteiger partial charge in [0, 0.05) is 18.3 Å². The number of carbonyl (C=O) groups is 1. The molecule has 0 fully saturated rings. The largest absolute Gasteiger partial charge is 0.494 e. The number of rotatable bonds is 9. The Morgan fingerprint density at radius 3 is 2.65 bits per heavy atom. The average Bonchev–Trinajstić information content (AvgIpc) is 3.31. The lowest BCUT2D eigenvalue weighted by molar-refractivity contribution is -0.119. The fourth-order valence-corrected chi connectivity index (χ4v) is 2.97. The molecule has 31 heavy (non-hydrogen) atoms. The number of benzene rings is 1. The van der Waals surface area contributed by atoms with Gasteiger partial charge in [0.2, 0.25) is 5.91 Å². The second-order valence-electron chi connectivity index (χ2n) is 6.77. The second-order valence-corrected chi connectivity index (χ2v) is 6.77. The maximum atomic E-state index is 13.8. The molecular weight excluding hydrogens is 414 g/mol. The number of halogens is 2. The molecule has 11 heteroatoms. The summed E-state index contributed by atoms with van der Waals surface area (Å²) in [6.07, 6.45) is 2.09. The number of aromatic nitrogens is 3. The van der Waals surface area contributed by atoms with Crippen LogP contribution in [0.2, 0.25) is 0 Å². The van der Waals surface area contributed by atoms with Crippen LogP contribution in [0.5, 0.6) is 17.4 Å². The van der Waals surface area contributed by atoms with Crippen molar-refractivity contribution in [2.75, 3.05) is 11.9 Å². The molecule has 0 saturated heterocycles. The van der Waals surface area contributed by atoms with E-state index in [2.05, 4.69) is 10.4 Å². The normalized spacial score (nSPS) is 13.1. The summed E-state index contributed by atoms with van der Waals surface area (Å²) < 4.78 is 35.4. The number of nitrogens with zero attached hydrogens (tertiary/aromatic N) is 3. The average molecular weight is 436 g/mol. The van der Waals surface area contributed by atoms with Crippen molar-refractivity contribution in [1.82, 2.24) is 14.3 Å². The summed E-state index contributed by atoms with van der Waals surface area (Å²) >= 11 is 0. The van der Waals surface area contributed by atoms with E-state index in [1.54, 1.807) is 6.92 Å². The van der Waals surface area contributed by atoms with Crippen LogP contribution < -0.4 is 10.1 Å². The van der Waals surface area contributed by atoms with E-state index in [1.807, 2.05) is 0 Å². The van der Waals surface area contributed by atoms with Crippen LogP contribution in [-0.4, -0.2) is 48.3 Å². The van der Waals surface area contributed by atoms with Crippen LogP contribution in [-0.2, 0) is 11.3 Å². The second kappa shape index (κ2) is 9.58. The molecule has 2 heterocycles. The molecule has 1 aromatic carbocycles. The van der Waals surface area contributed by atoms with Crippen molar-refractivity contribution in [2.24, 2.45) is 0 Å². The van der Waals surface area contributed by atoms with E-state index in [4.69, 9.17) is 9.84 Å². The molecular formula is C20H22F2N4O5. The summed E-state index contributed by atoms with van der Waals surface area (Å²) in [6, 6.07) is 5.07. The van der Waals surface area contributed by atoms with E-state index >= 15 is 0 Å². The molecule has 0 aliphatic rings. The number of hydrogen-bond donors (Lipinski definition) is 4. The molecule has 2 aromatic heterocycles. The third-order valence-electron chi connectivity index (χ3n) is 4.47. The van der Waals surface area contributed by atoms with Gasteiger partial charge in [0.1, 0.15) is 11.8 Å². The molecule has 0 bridgehead atoms. The Bertz CT molecular complexity index is 1030. The summed E-state index contributed by atoms with van der Waals surface area (Å²) in [5.41, 5.74) is 0. The number of ether oxygens (including phenoxy) is 1. The Balaban J connectivity index is 1.74. The van der Waals surface area contributed by atoms with E-state index in [0.29, 0.717) is 0 Å². The number of aliphatic hydroxyl groups is 2. The van der Waals surface area contributed by atoms with Crippen LogP contribution in [0.25, 0.3) is 0 Å². The van der Waals surface area contributed by atoms with Crippen molar-refractivity contribution in [3.05, 3.63) is 54.4 Å². The van der Waals surface area contributed by atoms with E-state index in [0.717, 1.165) is 18.2 Å². The maximum absolute atomic E-state index is 13.8. The predicted octanol–water partition coefficient (Wildman–Crippen LogP) is 2.40. The highest BCUT2D eigenvalue weighted by Crippen LogP contribution is 2.33. The fraction of sp³-hybridized carbons (Fsp3) is 0.300. The monoisotopic (exact) mass is 436 g/mol. The first-order valence-electron chi connectivity index (χ1n) is 9.48. The van der Waals surface area contributed by atoms with Gasteiger partial charge in [0.15, 0.2) is 29.1 Å². The standard InChI is InChI=1S/C20H22F2N4O5/c1-2-16(20(30)23-17-6-7-25(24-17)9-12(28)11-27)26-10-13(8-18(26)29)31-19-14(21)4-3-5-15(19)22/h3-8,10,12,16,27-29H,2,9,11H2,1H3,(H,23,24,30)/t12-,16+/m1/s1. The number of para-hydroxylation sites is 1. The highest BCUT2D eigenvalue weighted by atomic mass is 19.1. The molecule has 2 atom stereocenters. The van der Waals surface area contributed by atoms with Crippen LogP contribution in [0.1, 0.15) is 19.4 Å². The van der Waals surface area contributed by atoms with Gasteiger partial charge in [-0.15, -0.1) is 0 Å². The zero-order valence-corrected chi connectivity index (χ0v) is 16.6. The lowest BCUT2D eigenvalue weighted by Crippen LogP contribution is -2.25. The van der Waals surface area contributed by atoms with E-state index in [1.165, 1.54) is 33.8 Å². The summed E-state index contributed by atoms with van der Waals surface area (Å²) in [6.45, 7) is 1.35. The first-order valence-corrected chi connectivity index (χ1v) is 9.48. The Kier molecular flexibility index (Phi) is 6.88. The topological polar surface area (TPSA) is 122 Å². The fourth-order valence-electron chi connectivity index (χ4n) is 2.97. The van der Waals surface area contributed by atoms with Gasteiger partial charge in [-0.1, -0.05) is 13.0 Å². The molecule has 166 valence electrons. The number of hydrogen-bond acceptors (Lipinski definition) is 6. The third kappa shape index (κ3) is 5.19.